The van der Waals surface area contributed by atoms with Gasteiger partial charge in [0.1, 0.15) is 0 Å². The summed E-state index contributed by atoms with van der Waals surface area (Å²) in [6, 6.07) is 52.3. The molecule has 6 N–H and O–H groups in total. The van der Waals surface area contributed by atoms with Gasteiger partial charge in [-0.25, -0.2) is 0 Å². The van der Waals surface area contributed by atoms with Crippen molar-refractivity contribution in [3.8, 4) is 0 Å². The number of rotatable bonds is 14. The standard InChI is InChI=1S/C19H17Cl2NO2.C13H11Br2Cl2NO2.3C13H13Cl2NO2.C13H14ClNO2.CH4/c1-13-7-9-14(10-8-13)11-16-17(23)22-18(24-16)19(20,21)12-15-5-3-2-4-6-15;1-6-8(14)3-7(4-9(6)15)5-10-11(19)18-12(20-10)13(2,16)17;3*1-8-3-5-9(6-4-8)7-10-11(17)16-12(18-10)13(2,14)15;1-8-3-5-10(6-4-8)7-11-12(16)15-13(17-11)9(2)14;/h2-11,18H,12H2,1H3,(H,22,23);3-5,12H,1-2H3,(H,18,19);3*3-7,12H,1-2H3,(H,16,17);3-7,9,13H,1-2H3,(H,15,16);1H4/b16-11-;10-5-;3*10-7-;11-7-;. The summed E-state index contributed by atoms with van der Waals surface area (Å²) in [5.41, 5.74) is 13.1. The first-order chi connectivity index (χ1) is 53.8. The topological polar surface area (TPSA) is 230 Å². The molecule has 31 heteroatoms. The quantitative estimate of drug-likeness (QED) is 0.0441. The van der Waals surface area contributed by atoms with E-state index < -0.39 is 59.0 Å². The van der Waals surface area contributed by atoms with Crippen molar-refractivity contribution in [2.45, 2.75) is 154 Å². The van der Waals surface area contributed by atoms with Crippen LogP contribution in [0.15, 0.2) is 207 Å². The average molecular weight is 1930 g/mol. The lowest BCUT2D eigenvalue weighted by molar-refractivity contribution is -0.117. The number of benzene rings is 7. The predicted molar refractivity (Wildman–Crippen MR) is 476 cm³/mol. The van der Waals surface area contributed by atoms with Crippen LogP contribution in [-0.2, 0) is 63.6 Å². The maximum absolute atomic E-state index is 12.1. The molecule has 7 aromatic carbocycles. The number of aryl methyl sites for hydroxylation is 5. The van der Waals surface area contributed by atoms with Crippen LogP contribution in [0.3, 0.4) is 0 Å². The molecule has 13 rings (SSSR count). The number of hydrogen-bond donors (Lipinski definition) is 6. The summed E-state index contributed by atoms with van der Waals surface area (Å²) in [6.45, 7) is 20.0. The van der Waals surface area contributed by atoms with Crippen LogP contribution in [0.5, 0.6) is 0 Å². The molecule has 6 heterocycles. The summed E-state index contributed by atoms with van der Waals surface area (Å²) in [7, 11) is 0. The van der Waals surface area contributed by atoms with E-state index >= 15 is 0 Å². The normalized spacial score (nSPS) is 21.2. The Morgan fingerprint density at radius 3 is 0.802 bits per heavy atom. The van der Waals surface area contributed by atoms with Gasteiger partial charge in [0.15, 0.2) is 62.4 Å². The monoisotopic (exact) mass is 1920 g/mol. The number of amides is 6. The minimum atomic E-state index is -1.26. The zero-order valence-corrected chi connectivity index (χ0v) is 75.1. The Balaban J connectivity index is 0.000000193. The van der Waals surface area contributed by atoms with E-state index in [2.05, 4.69) is 63.8 Å². The average Bonchev–Trinajstić information content (AvgIpc) is 1.73. The zero-order chi connectivity index (χ0) is 84.7. The SMILES string of the molecule is C.Cc1c(Br)cc(/C=C2\OC(C(C)(Cl)Cl)NC2=O)cc1Br.Cc1ccc(/C=C2\OC(C(C)(Cl)Cl)NC2=O)cc1.Cc1ccc(/C=C2\OC(C(C)(Cl)Cl)NC2=O)cc1.Cc1ccc(/C=C2\OC(C(C)(Cl)Cl)NC2=O)cc1.Cc1ccc(/C=C2\OC(C(C)Cl)NC2=O)cc1.Cc1ccc(/C=C2\OC(C(Cl)(Cl)Cc3ccccc3)NC2=O)cc1. The first-order valence-electron chi connectivity index (χ1n) is 35.3. The van der Waals surface area contributed by atoms with Crippen LogP contribution >= 0.6 is 159 Å². The third kappa shape index (κ3) is 29.3. The van der Waals surface area contributed by atoms with E-state index in [0.29, 0.717) is 12.2 Å². The van der Waals surface area contributed by atoms with Gasteiger partial charge in [0.25, 0.3) is 35.4 Å². The van der Waals surface area contributed by atoms with Gasteiger partial charge in [0.05, 0.1) is 5.38 Å². The van der Waals surface area contributed by atoms with Crippen LogP contribution in [0.25, 0.3) is 36.5 Å². The fourth-order valence-corrected chi connectivity index (χ4v) is 12.9. The summed E-state index contributed by atoms with van der Waals surface area (Å²) < 4.78 is 28.7. The number of alkyl halides is 11. The largest absolute Gasteiger partial charge is 0.463 e. The molecule has 7 atom stereocenters. The van der Waals surface area contributed by atoms with Crippen LogP contribution in [0.4, 0.5) is 0 Å². The molecule has 7 unspecified atom stereocenters. The summed E-state index contributed by atoms with van der Waals surface area (Å²) >= 11 is 72.9. The first kappa shape index (κ1) is 95.9. The lowest BCUT2D eigenvalue weighted by atomic mass is 10.1. The molecule has 6 aliphatic rings. The van der Waals surface area contributed by atoms with Crippen LogP contribution in [-0.4, -0.2) is 99.9 Å². The minimum Gasteiger partial charge on any atom is -0.463 e. The second-order valence-corrected chi connectivity index (χ2v) is 38.5. The van der Waals surface area contributed by atoms with Gasteiger partial charge >= 0.3 is 0 Å². The van der Waals surface area contributed by atoms with Crippen molar-refractivity contribution in [2.24, 2.45) is 0 Å². The van der Waals surface area contributed by atoms with Crippen molar-refractivity contribution in [1.29, 1.82) is 0 Å². The Bertz CT molecular complexity index is 4590. The number of ether oxygens (including phenoxy) is 6. The van der Waals surface area contributed by atoms with Crippen LogP contribution in [0.2, 0.25) is 0 Å². The molecule has 6 saturated heterocycles. The van der Waals surface area contributed by atoms with Gasteiger partial charge in [-0.05, 0) is 169 Å². The van der Waals surface area contributed by atoms with Crippen LogP contribution < -0.4 is 31.9 Å². The lowest BCUT2D eigenvalue weighted by Gasteiger charge is -2.25. The van der Waals surface area contributed by atoms with E-state index in [4.69, 9.17) is 156 Å². The minimum absolute atomic E-state index is 0. The molecular formula is C85H85Br2Cl11N6O12. The summed E-state index contributed by atoms with van der Waals surface area (Å²) in [5, 5.41) is 15.4. The van der Waals surface area contributed by atoms with Crippen molar-refractivity contribution in [2.75, 3.05) is 0 Å². The fraction of sp³-hybridized carbons (Fsp3) is 0.294. The first-order valence-corrected chi connectivity index (χ1v) is 41.1. The van der Waals surface area contributed by atoms with E-state index in [0.717, 1.165) is 75.7 Å². The molecule has 6 aliphatic heterocycles. The maximum Gasteiger partial charge on any atom is 0.289 e. The van der Waals surface area contributed by atoms with E-state index in [1.165, 1.54) is 5.56 Å². The molecular weight excluding hydrogens is 1850 g/mol. The fourth-order valence-electron chi connectivity index (χ4n) is 10.3. The Labute approximate surface area is 747 Å². The molecule has 6 amide bonds. The highest BCUT2D eigenvalue weighted by molar-refractivity contribution is 9.11. The Hall–Kier alpha value is -7.25. The van der Waals surface area contributed by atoms with Crippen molar-refractivity contribution < 1.29 is 57.2 Å². The Morgan fingerprint density at radius 2 is 0.569 bits per heavy atom. The van der Waals surface area contributed by atoms with Gasteiger partial charge in [-0.15, -0.1) is 11.6 Å². The molecule has 618 valence electrons. The third-order valence-electron chi connectivity index (χ3n) is 16.8. The summed E-state index contributed by atoms with van der Waals surface area (Å²) in [5.74, 6) is -0.449. The lowest BCUT2D eigenvalue weighted by Crippen LogP contribution is -2.42. The highest BCUT2D eigenvalue weighted by Gasteiger charge is 2.46. The van der Waals surface area contributed by atoms with Crippen molar-refractivity contribution >= 4 is 231 Å². The molecule has 0 aromatic heterocycles. The summed E-state index contributed by atoms with van der Waals surface area (Å²) in [4.78, 5) is 70.6. The van der Waals surface area contributed by atoms with E-state index in [-0.39, 0.29) is 77.0 Å². The molecule has 116 heavy (non-hydrogen) atoms. The molecule has 7 aromatic rings. The Morgan fingerprint density at radius 1 is 0.345 bits per heavy atom. The molecule has 18 nitrogen and oxygen atoms in total. The molecule has 0 bridgehead atoms. The van der Waals surface area contributed by atoms with Crippen molar-refractivity contribution in [3.63, 3.8) is 0 Å². The maximum atomic E-state index is 12.1. The second-order valence-electron chi connectivity index (χ2n) is 27.5. The highest BCUT2D eigenvalue weighted by Crippen LogP contribution is 2.38. The van der Waals surface area contributed by atoms with E-state index in [1.54, 1.807) is 71.1 Å². The highest BCUT2D eigenvalue weighted by atomic mass is 79.9. The van der Waals surface area contributed by atoms with Crippen molar-refractivity contribution in [3.05, 3.63) is 280 Å². The van der Waals surface area contributed by atoms with E-state index in [9.17, 15) is 28.8 Å². The van der Waals surface area contributed by atoms with Crippen LogP contribution in [0, 0.1) is 41.5 Å². The van der Waals surface area contributed by atoms with Gasteiger partial charge in [-0.3, -0.25) is 28.8 Å². The number of halogens is 13. The molecule has 0 aliphatic carbocycles. The Kier molecular flexibility index (Phi) is 34.8. The number of nitrogens with one attached hydrogen (secondary N) is 6. The van der Waals surface area contributed by atoms with Crippen molar-refractivity contribution in [1.82, 2.24) is 31.9 Å². The molecule has 0 radical (unpaired) electrons. The van der Waals surface area contributed by atoms with Crippen LogP contribution in [0.1, 0.15) is 114 Å². The second kappa shape index (κ2) is 42.1. The number of carbonyl (C=O) groups excluding carboxylic acids is 6. The molecule has 0 spiro atoms. The smallest absolute Gasteiger partial charge is 0.289 e. The van der Waals surface area contributed by atoms with Gasteiger partial charge in [0, 0.05) is 15.4 Å². The van der Waals surface area contributed by atoms with E-state index in [1.807, 2.05) is 205 Å². The van der Waals surface area contributed by atoms with Gasteiger partial charge < -0.3 is 60.3 Å². The predicted octanol–water partition coefficient (Wildman–Crippen LogP) is 20.8. The molecule has 6 fully saturated rings. The molecule has 0 saturated carbocycles. The van der Waals surface area contributed by atoms with Gasteiger partial charge in [0.2, 0.25) is 31.1 Å². The summed E-state index contributed by atoms with van der Waals surface area (Å²) in [6.07, 6.45) is 6.18. The number of hydrogen-bond acceptors (Lipinski definition) is 12. The van der Waals surface area contributed by atoms with Gasteiger partial charge in [-0.2, -0.15) is 0 Å². The van der Waals surface area contributed by atoms with Gasteiger partial charge in [-0.1, -0.05) is 335 Å². The zero-order valence-electron chi connectivity index (χ0n) is 63.6. The number of carbonyl (C=O) groups is 6. The third-order valence-corrected chi connectivity index (χ3v) is 20.9.